The molecule has 1 aliphatic rings. The van der Waals surface area contributed by atoms with Gasteiger partial charge in [0.1, 0.15) is 0 Å². The Morgan fingerprint density at radius 2 is 1.25 bits per heavy atom. The first-order chi connectivity index (χ1) is 11.4. The van der Waals surface area contributed by atoms with Crippen molar-refractivity contribution in [3.05, 3.63) is 0 Å². The molecule has 0 aromatic carbocycles. The first kappa shape index (κ1) is 20.3. The van der Waals surface area contributed by atoms with Crippen molar-refractivity contribution in [2.45, 2.75) is 19.3 Å². The van der Waals surface area contributed by atoms with Crippen LogP contribution in [0.4, 0.5) is 0 Å². The third-order valence-corrected chi connectivity index (χ3v) is 4.10. The Morgan fingerprint density at radius 1 is 0.792 bits per heavy atom. The maximum Gasteiger partial charge on any atom is 0.317 e. The Labute approximate surface area is 141 Å². The maximum atomic E-state index is 11.0. The fourth-order valence-corrected chi connectivity index (χ4v) is 2.85. The summed E-state index contributed by atoms with van der Waals surface area (Å²) in [6.45, 7) is 3.25. The smallest absolute Gasteiger partial charge is 0.317 e. The van der Waals surface area contributed by atoms with Crippen LogP contribution in [0.25, 0.3) is 0 Å². The van der Waals surface area contributed by atoms with Gasteiger partial charge in [0, 0.05) is 32.6 Å². The van der Waals surface area contributed by atoms with Crippen LogP contribution in [-0.2, 0) is 14.4 Å². The molecule has 0 atom stereocenters. The fraction of sp³-hybridized carbons (Fsp3) is 0.800. The van der Waals surface area contributed by atoms with Crippen molar-refractivity contribution in [1.82, 2.24) is 15.1 Å². The predicted molar refractivity (Wildman–Crippen MR) is 86.0 cm³/mol. The molecule has 0 radical (unpaired) electrons. The van der Waals surface area contributed by atoms with Gasteiger partial charge in [0.05, 0.1) is 13.1 Å². The molecule has 24 heavy (non-hydrogen) atoms. The van der Waals surface area contributed by atoms with E-state index in [1.54, 1.807) is 9.80 Å². The number of carboxylic acid groups (broad SMARTS) is 3. The highest BCUT2D eigenvalue weighted by Gasteiger charge is 2.19. The van der Waals surface area contributed by atoms with E-state index in [-0.39, 0.29) is 25.4 Å². The molecule has 1 rings (SSSR count). The molecule has 0 aromatic rings. The van der Waals surface area contributed by atoms with Crippen molar-refractivity contribution in [2.24, 2.45) is 5.92 Å². The average molecular weight is 345 g/mol. The summed E-state index contributed by atoms with van der Waals surface area (Å²) in [5.74, 6) is -2.78. The Morgan fingerprint density at radius 3 is 1.62 bits per heavy atom. The Kier molecular flexibility index (Phi) is 9.28. The quantitative estimate of drug-likeness (QED) is 0.490. The van der Waals surface area contributed by atoms with Gasteiger partial charge in [-0.3, -0.25) is 24.2 Å². The molecule has 0 aliphatic carbocycles. The zero-order chi connectivity index (χ0) is 17.9. The van der Waals surface area contributed by atoms with Crippen molar-refractivity contribution in [3.63, 3.8) is 0 Å². The maximum absolute atomic E-state index is 11.0. The molecule has 1 fully saturated rings. The molecule has 1 heterocycles. The summed E-state index contributed by atoms with van der Waals surface area (Å²) >= 11 is 0. The van der Waals surface area contributed by atoms with Gasteiger partial charge in [-0.05, 0) is 31.8 Å². The van der Waals surface area contributed by atoms with E-state index < -0.39 is 17.9 Å². The highest BCUT2D eigenvalue weighted by atomic mass is 16.4. The summed E-state index contributed by atoms with van der Waals surface area (Å²) in [4.78, 5) is 36.5. The van der Waals surface area contributed by atoms with Crippen LogP contribution < -0.4 is 5.32 Å². The molecule has 138 valence electrons. The molecule has 0 saturated carbocycles. The molecule has 0 spiro atoms. The molecular formula is C15H27N3O6. The number of aliphatic carboxylic acids is 3. The second kappa shape index (κ2) is 11.0. The summed E-state index contributed by atoms with van der Waals surface area (Å²) in [6.07, 6.45) is 1.18. The lowest BCUT2D eigenvalue weighted by atomic mass is 9.96. The third kappa shape index (κ3) is 9.43. The molecule has 9 heteroatoms. The summed E-state index contributed by atoms with van der Waals surface area (Å²) in [5, 5.41) is 30.2. The second-order valence-corrected chi connectivity index (χ2v) is 6.13. The first-order valence-corrected chi connectivity index (χ1v) is 8.17. The number of hydrogen-bond donors (Lipinski definition) is 4. The Balaban J connectivity index is 2.68. The minimum absolute atomic E-state index is 0.0140. The van der Waals surface area contributed by atoms with Gasteiger partial charge >= 0.3 is 17.9 Å². The first-order valence-electron chi connectivity index (χ1n) is 8.17. The number of nitrogens with one attached hydrogen (secondary N) is 1. The SMILES string of the molecule is O=C(O)CC1CCN(CC(=O)O)CCNCCN(CC(=O)O)CC1. The van der Waals surface area contributed by atoms with Gasteiger partial charge in [-0.15, -0.1) is 0 Å². The molecular weight excluding hydrogens is 318 g/mol. The van der Waals surface area contributed by atoms with Crippen LogP contribution in [0.2, 0.25) is 0 Å². The van der Waals surface area contributed by atoms with Crippen molar-refractivity contribution < 1.29 is 29.7 Å². The summed E-state index contributed by atoms with van der Waals surface area (Å²) < 4.78 is 0. The highest BCUT2D eigenvalue weighted by Crippen LogP contribution is 2.16. The number of rotatable bonds is 6. The number of hydrogen-bond acceptors (Lipinski definition) is 6. The van der Waals surface area contributed by atoms with E-state index in [2.05, 4.69) is 5.32 Å². The number of carboxylic acids is 3. The van der Waals surface area contributed by atoms with Gasteiger partial charge < -0.3 is 20.6 Å². The Bertz CT molecular complexity index is 401. The lowest BCUT2D eigenvalue weighted by molar-refractivity contribution is -0.140. The van der Waals surface area contributed by atoms with Crippen LogP contribution in [0.1, 0.15) is 19.3 Å². The van der Waals surface area contributed by atoms with Gasteiger partial charge in [0.2, 0.25) is 0 Å². The predicted octanol–water partition coefficient (Wildman–Crippen LogP) is -0.766. The van der Waals surface area contributed by atoms with Crippen LogP contribution in [0, 0.1) is 5.92 Å². The molecule has 9 nitrogen and oxygen atoms in total. The van der Waals surface area contributed by atoms with Crippen LogP contribution >= 0.6 is 0 Å². The normalized spacial score (nSPS) is 20.0. The van der Waals surface area contributed by atoms with E-state index in [1.165, 1.54) is 0 Å². The molecule has 0 aromatic heterocycles. The van der Waals surface area contributed by atoms with E-state index in [1.807, 2.05) is 0 Å². The lowest BCUT2D eigenvalue weighted by Crippen LogP contribution is -2.42. The van der Waals surface area contributed by atoms with Gasteiger partial charge in [0.15, 0.2) is 0 Å². The van der Waals surface area contributed by atoms with E-state index in [9.17, 15) is 14.4 Å². The van der Waals surface area contributed by atoms with Crippen molar-refractivity contribution in [1.29, 1.82) is 0 Å². The zero-order valence-electron chi connectivity index (χ0n) is 13.8. The lowest BCUT2D eigenvalue weighted by Gasteiger charge is -2.27. The largest absolute Gasteiger partial charge is 0.481 e. The van der Waals surface area contributed by atoms with Gasteiger partial charge in [-0.25, -0.2) is 0 Å². The monoisotopic (exact) mass is 345 g/mol. The molecule has 1 aliphatic heterocycles. The molecule has 1 saturated heterocycles. The van der Waals surface area contributed by atoms with E-state index >= 15 is 0 Å². The minimum atomic E-state index is -0.899. The van der Waals surface area contributed by atoms with Gasteiger partial charge in [0.25, 0.3) is 0 Å². The van der Waals surface area contributed by atoms with E-state index in [0.717, 1.165) is 0 Å². The number of carbonyl (C=O) groups is 3. The van der Waals surface area contributed by atoms with E-state index in [4.69, 9.17) is 15.3 Å². The summed E-state index contributed by atoms with van der Waals surface area (Å²) in [7, 11) is 0. The molecule has 0 bridgehead atoms. The summed E-state index contributed by atoms with van der Waals surface area (Å²) in [5.41, 5.74) is 0. The van der Waals surface area contributed by atoms with Crippen molar-refractivity contribution >= 4 is 17.9 Å². The zero-order valence-corrected chi connectivity index (χ0v) is 13.8. The van der Waals surface area contributed by atoms with Crippen LogP contribution in [0.3, 0.4) is 0 Å². The van der Waals surface area contributed by atoms with Crippen molar-refractivity contribution in [2.75, 3.05) is 52.4 Å². The van der Waals surface area contributed by atoms with Gasteiger partial charge in [-0.1, -0.05) is 0 Å². The Hall–Kier alpha value is -1.71. The average Bonchev–Trinajstić information content (AvgIpc) is 2.45. The molecule has 4 N–H and O–H groups in total. The standard InChI is InChI=1S/C15H27N3O6/c19-13(20)9-12-1-5-17(10-14(21)22)7-3-16-4-8-18(6-2-12)11-15(23)24/h12,16H,1-11H2,(H,19,20)(H,21,22)(H,23,24). The van der Waals surface area contributed by atoms with Crippen molar-refractivity contribution in [3.8, 4) is 0 Å². The van der Waals surface area contributed by atoms with E-state index in [0.29, 0.717) is 52.1 Å². The van der Waals surface area contributed by atoms with Crippen LogP contribution in [0.5, 0.6) is 0 Å². The number of nitrogens with zero attached hydrogens (tertiary/aromatic N) is 2. The van der Waals surface area contributed by atoms with Crippen LogP contribution in [0.15, 0.2) is 0 Å². The fourth-order valence-electron chi connectivity index (χ4n) is 2.85. The molecule has 0 amide bonds. The second-order valence-electron chi connectivity index (χ2n) is 6.13. The highest BCUT2D eigenvalue weighted by molar-refractivity contribution is 5.69. The third-order valence-electron chi connectivity index (χ3n) is 4.10. The van der Waals surface area contributed by atoms with Crippen LogP contribution in [-0.4, -0.2) is 95.4 Å². The summed E-state index contributed by atoms with van der Waals surface area (Å²) in [6, 6.07) is 0. The minimum Gasteiger partial charge on any atom is -0.481 e. The molecule has 0 unspecified atom stereocenters. The van der Waals surface area contributed by atoms with Gasteiger partial charge in [-0.2, -0.15) is 0 Å². The topological polar surface area (TPSA) is 130 Å².